The third kappa shape index (κ3) is 3.04. The largest absolute Gasteiger partial charge is 0.479 e. The van der Waals surface area contributed by atoms with Crippen LogP contribution in [0.5, 0.6) is 0 Å². The predicted molar refractivity (Wildman–Crippen MR) is 85.3 cm³/mol. The molecule has 0 aliphatic carbocycles. The van der Waals surface area contributed by atoms with Crippen LogP contribution in [0, 0.1) is 10.1 Å². The van der Waals surface area contributed by atoms with Gasteiger partial charge in [0.1, 0.15) is 29.3 Å². The van der Waals surface area contributed by atoms with Gasteiger partial charge in [-0.05, 0) is 6.07 Å². The van der Waals surface area contributed by atoms with Crippen LogP contribution in [0.1, 0.15) is 5.76 Å². The molecule has 3 heterocycles. The number of nitro groups is 1. The lowest BCUT2D eigenvalue weighted by atomic mass is 9.93. The lowest BCUT2D eigenvalue weighted by Crippen LogP contribution is -2.70. The maximum atomic E-state index is 11.2. The number of carbonyl (C=O) groups is 1. The fourth-order valence-corrected chi connectivity index (χ4v) is 3.68. The van der Waals surface area contributed by atoms with Gasteiger partial charge in [0.2, 0.25) is 0 Å². The summed E-state index contributed by atoms with van der Waals surface area (Å²) in [6.45, 7) is 0. The summed E-state index contributed by atoms with van der Waals surface area (Å²) in [6.07, 6.45) is -8.55. The normalized spacial score (nSPS) is 37.1. The summed E-state index contributed by atoms with van der Waals surface area (Å²) in [5, 5.41) is 53.8. The second-order valence-electron chi connectivity index (χ2n) is 5.75. The van der Waals surface area contributed by atoms with Crippen molar-refractivity contribution in [3.05, 3.63) is 33.4 Å². The van der Waals surface area contributed by atoms with E-state index < -0.39 is 52.3 Å². The molecule has 0 unspecified atom stereocenters. The number of aliphatic carboxylic acids is 1. The average molecular weight is 389 g/mol. The van der Waals surface area contributed by atoms with Crippen molar-refractivity contribution in [2.75, 3.05) is 0 Å². The van der Waals surface area contributed by atoms with Crippen molar-refractivity contribution in [1.82, 2.24) is 5.32 Å². The van der Waals surface area contributed by atoms with Gasteiger partial charge in [0.25, 0.3) is 0 Å². The molecule has 142 valence electrons. The molecule has 2 aliphatic rings. The van der Waals surface area contributed by atoms with Crippen LogP contribution in [-0.4, -0.2) is 66.8 Å². The number of nitrogens with one attached hydrogen (secondary N) is 1. The number of aliphatic hydroxyl groups is 3. The first-order chi connectivity index (χ1) is 12.1. The van der Waals surface area contributed by atoms with Crippen LogP contribution >= 0.6 is 11.8 Å². The van der Waals surface area contributed by atoms with Crippen molar-refractivity contribution in [2.45, 2.75) is 35.5 Å². The topological polar surface area (TPSA) is 202 Å². The Hall–Kier alpha value is -2.16. The van der Waals surface area contributed by atoms with Gasteiger partial charge in [0.05, 0.1) is 11.8 Å². The molecule has 1 saturated heterocycles. The Morgan fingerprint density at radius 3 is 2.58 bits per heavy atom. The number of nitrogens with two attached hydrogens (primary N) is 1. The monoisotopic (exact) mass is 389 g/mol. The van der Waals surface area contributed by atoms with Crippen molar-refractivity contribution >= 4 is 29.3 Å². The fourth-order valence-electron chi connectivity index (χ4n) is 2.69. The number of furan rings is 1. The van der Waals surface area contributed by atoms with Crippen LogP contribution in [0.2, 0.25) is 0 Å². The molecule has 0 amide bonds. The number of hydrogen-bond acceptors (Lipinski definition) is 11. The second-order valence-corrected chi connectivity index (χ2v) is 6.90. The van der Waals surface area contributed by atoms with Crippen LogP contribution in [0.25, 0.3) is 5.70 Å². The fraction of sp³-hybridized carbons (Fsp3) is 0.462. The van der Waals surface area contributed by atoms with Gasteiger partial charge in [0, 0.05) is 5.41 Å². The van der Waals surface area contributed by atoms with Crippen LogP contribution < -0.4 is 11.1 Å². The molecular weight excluding hydrogens is 374 g/mol. The van der Waals surface area contributed by atoms with E-state index in [4.69, 9.17) is 20.0 Å². The highest BCUT2D eigenvalue weighted by molar-refractivity contribution is 8.03. The van der Waals surface area contributed by atoms with Gasteiger partial charge >= 0.3 is 11.9 Å². The van der Waals surface area contributed by atoms with Crippen LogP contribution in [0.3, 0.4) is 0 Å². The van der Waals surface area contributed by atoms with Gasteiger partial charge in [-0.25, -0.2) is 4.79 Å². The number of carboxylic acid groups (broad SMARTS) is 1. The Morgan fingerprint density at radius 2 is 2.00 bits per heavy atom. The number of carboxylic acids is 1. The predicted octanol–water partition coefficient (Wildman–Crippen LogP) is -1.63. The van der Waals surface area contributed by atoms with Crippen molar-refractivity contribution < 1.29 is 39.3 Å². The second kappa shape index (κ2) is 6.53. The van der Waals surface area contributed by atoms with Crippen LogP contribution in [0.15, 0.2) is 22.0 Å². The van der Waals surface area contributed by atoms with Crippen molar-refractivity contribution in [1.29, 1.82) is 0 Å². The zero-order valence-electron chi connectivity index (χ0n) is 12.9. The molecule has 6 atom stereocenters. The Balaban J connectivity index is 1.80. The van der Waals surface area contributed by atoms with Gasteiger partial charge in [-0.3, -0.25) is 15.8 Å². The quantitative estimate of drug-likeness (QED) is 0.254. The van der Waals surface area contributed by atoms with Gasteiger partial charge in [-0.15, -0.1) is 0 Å². The highest BCUT2D eigenvalue weighted by atomic mass is 32.2. The molecule has 7 N–H and O–H groups in total. The number of thioether (sulfide) groups is 1. The first-order valence-electron chi connectivity index (χ1n) is 7.26. The van der Waals surface area contributed by atoms with E-state index >= 15 is 0 Å². The van der Waals surface area contributed by atoms with Gasteiger partial charge in [-0.2, -0.15) is 0 Å². The summed E-state index contributed by atoms with van der Waals surface area (Å²) >= 11 is 0.897. The molecule has 1 fully saturated rings. The van der Waals surface area contributed by atoms with E-state index in [-0.39, 0.29) is 11.5 Å². The standard InChI is InChI=1S/C13H15N3O9S/c14-13(11-9(19)7(17)8(18)10(25-11)12(20)21)15-4(3-26-13)5-1-2-6(24-5)16(22)23/h1-3,7-11,15,17-19H,14H2,(H,20,21)/t7-,8-,9+,10-,11-,13-/m0/s1. The summed E-state index contributed by atoms with van der Waals surface area (Å²) in [5.41, 5.74) is 6.39. The minimum atomic E-state index is -1.84. The molecular formula is C13H15N3O9S. The Bertz CT molecular complexity index is 768. The zero-order valence-corrected chi connectivity index (χ0v) is 13.7. The van der Waals surface area contributed by atoms with E-state index in [0.717, 1.165) is 17.8 Å². The lowest BCUT2D eigenvalue weighted by Gasteiger charge is -2.45. The molecule has 0 bridgehead atoms. The molecule has 3 rings (SSSR count). The molecule has 0 saturated carbocycles. The summed E-state index contributed by atoms with van der Waals surface area (Å²) in [4.78, 5) is 19.6. The number of hydrogen-bond donors (Lipinski definition) is 6. The Morgan fingerprint density at radius 1 is 1.31 bits per heavy atom. The molecule has 1 aromatic heterocycles. The third-order valence-electron chi connectivity index (χ3n) is 4.02. The zero-order chi connectivity index (χ0) is 19.2. The lowest BCUT2D eigenvalue weighted by molar-refractivity contribution is -0.402. The van der Waals surface area contributed by atoms with Crippen LogP contribution in [0.4, 0.5) is 5.88 Å². The maximum absolute atomic E-state index is 11.2. The number of rotatable bonds is 4. The Labute approximate surface area is 149 Å². The maximum Gasteiger partial charge on any atom is 0.433 e. The van der Waals surface area contributed by atoms with E-state index in [9.17, 15) is 30.2 Å². The highest BCUT2D eigenvalue weighted by Crippen LogP contribution is 2.40. The minimum Gasteiger partial charge on any atom is -0.479 e. The van der Waals surface area contributed by atoms with Gasteiger partial charge in [-0.1, -0.05) is 11.8 Å². The minimum absolute atomic E-state index is 0.0946. The molecule has 2 aliphatic heterocycles. The smallest absolute Gasteiger partial charge is 0.433 e. The summed E-state index contributed by atoms with van der Waals surface area (Å²) in [6, 6.07) is 2.48. The molecule has 0 radical (unpaired) electrons. The molecule has 0 spiro atoms. The van der Waals surface area contributed by atoms with E-state index in [1.807, 2.05) is 0 Å². The molecule has 26 heavy (non-hydrogen) atoms. The molecule has 13 heteroatoms. The number of aliphatic hydroxyl groups excluding tert-OH is 3. The first-order valence-corrected chi connectivity index (χ1v) is 8.14. The number of ether oxygens (including phenoxy) is 1. The Kier molecular flexibility index (Phi) is 4.68. The van der Waals surface area contributed by atoms with E-state index in [0.29, 0.717) is 0 Å². The summed E-state index contributed by atoms with van der Waals surface area (Å²) in [7, 11) is 0. The van der Waals surface area contributed by atoms with E-state index in [1.165, 1.54) is 11.5 Å². The summed E-state index contributed by atoms with van der Waals surface area (Å²) in [5.74, 6) is -1.92. The summed E-state index contributed by atoms with van der Waals surface area (Å²) < 4.78 is 10.3. The van der Waals surface area contributed by atoms with Gasteiger partial charge in [0.15, 0.2) is 16.9 Å². The third-order valence-corrected chi connectivity index (χ3v) is 5.10. The average Bonchev–Trinajstić information content (AvgIpc) is 3.20. The van der Waals surface area contributed by atoms with Crippen molar-refractivity contribution in [3.8, 4) is 0 Å². The molecule has 0 aromatic carbocycles. The van der Waals surface area contributed by atoms with Gasteiger partial charge < -0.3 is 34.9 Å². The molecule has 12 nitrogen and oxygen atoms in total. The van der Waals surface area contributed by atoms with E-state index in [1.54, 1.807) is 0 Å². The molecule has 1 aromatic rings. The van der Waals surface area contributed by atoms with Crippen LogP contribution in [-0.2, 0) is 9.53 Å². The highest BCUT2D eigenvalue weighted by Gasteiger charge is 2.55. The SMILES string of the molecule is N[C@@]1([C@H]2O[C@H](C(=O)O)[C@@H](O)[C@H](O)[C@H]2O)NC(c2ccc([N+](=O)[O-])o2)=CS1. The van der Waals surface area contributed by atoms with E-state index in [2.05, 4.69) is 5.32 Å². The van der Waals surface area contributed by atoms with Crippen molar-refractivity contribution in [3.63, 3.8) is 0 Å². The first kappa shape index (κ1) is 18.6. The number of nitrogens with zero attached hydrogens (tertiary/aromatic N) is 1. The van der Waals surface area contributed by atoms with Crippen molar-refractivity contribution in [2.24, 2.45) is 5.73 Å².